The quantitative estimate of drug-likeness (QED) is 0.566. The molecule has 5 nitrogen and oxygen atoms in total. The highest BCUT2D eigenvalue weighted by molar-refractivity contribution is 5.76. The predicted octanol–water partition coefficient (Wildman–Crippen LogP) is 3.22. The molecule has 168 valence electrons. The van der Waals surface area contributed by atoms with Gasteiger partial charge in [-0.05, 0) is 70.6 Å². The first-order valence-electron chi connectivity index (χ1n) is 12.5. The van der Waals surface area contributed by atoms with Gasteiger partial charge in [-0.25, -0.2) is 0 Å². The molecule has 3 aliphatic heterocycles. The molecule has 5 aliphatic rings. The van der Waals surface area contributed by atoms with Crippen LogP contribution in [0.4, 0.5) is 0 Å². The molecule has 0 unspecified atom stereocenters. The van der Waals surface area contributed by atoms with Crippen molar-refractivity contribution >= 4 is 5.97 Å². The number of ether oxygens (including phenoxy) is 1. The van der Waals surface area contributed by atoms with E-state index in [1.165, 1.54) is 50.8 Å². The molecule has 0 aromatic carbocycles. The van der Waals surface area contributed by atoms with Crippen LogP contribution in [0.25, 0.3) is 0 Å². The summed E-state index contributed by atoms with van der Waals surface area (Å²) in [5, 5.41) is 11.5. The minimum absolute atomic E-state index is 0.0555. The monoisotopic (exact) mass is 416 g/mol. The van der Waals surface area contributed by atoms with E-state index in [0.29, 0.717) is 5.92 Å². The van der Waals surface area contributed by atoms with E-state index < -0.39 is 6.10 Å². The summed E-state index contributed by atoms with van der Waals surface area (Å²) in [5.41, 5.74) is 1.12. The van der Waals surface area contributed by atoms with Crippen LogP contribution in [-0.2, 0) is 9.53 Å². The van der Waals surface area contributed by atoms with Crippen LogP contribution in [-0.4, -0.2) is 71.8 Å². The number of aliphatic hydroxyl groups is 1. The fraction of sp³-hybridized carbons (Fsp3) is 0.880. The average molecular weight is 417 g/mol. The SMILES string of the molecule is C[C@@H]1CCC=C2C[C@H]3OC(=O)[C@@H](CN4CCC(N5CCCCC5)CC4)[C@H]3[C@H](O)[C@@]21C. The standard InChI is InChI=1S/C25H40N2O3/c1-17-7-6-8-18-15-21-22(23(28)25(17,18)2)20(24(29)30-21)16-26-13-9-19(10-14-26)27-11-4-3-5-12-27/h8,17,19-23,28H,3-7,9-16H2,1-2H3/t17-,20+,21-,22-,23+,25-/m1/s1. The van der Waals surface area contributed by atoms with Gasteiger partial charge in [0.05, 0.1) is 12.0 Å². The normalized spacial score (nSPS) is 43.6. The topological polar surface area (TPSA) is 53.0 Å². The van der Waals surface area contributed by atoms with Crippen LogP contribution in [0.1, 0.15) is 65.2 Å². The first kappa shape index (κ1) is 21.0. The van der Waals surface area contributed by atoms with Crippen molar-refractivity contribution < 1.29 is 14.6 Å². The summed E-state index contributed by atoms with van der Waals surface area (Å²) in [6, 6.07) is 0.722. The number of allylic oxidation sites excluding steroid dienone is 1. The summed E-state index contributed by atoms with van der Waals surface area (Å²) in [7, 11) is 0. The Morgan fingerprint density at radius 2 is 1.87 bits per heavy atom. The number of piperidine rings is 2. The van der Waals surface area contributed by atoms with E-state index in [9.17, 15) is 9.90 Å². The number of fused-ring (bicyclic) bond motifs is 2. The molecule has 0 spiro atoms. The first-order valence-corrected chi connectivity index (χ1v) is 12.5. The number of esters is 1. The van der Waals surface area contributed by atoms with E-state index >= 15 is 0 Å². The van der Waals surface area contributed by atoms with Crippen molar-refractivity contribution in [3.05, 3.63) is 11.6 Å². The molecule has 0 aromatic heterocycles. The Morgan fingerprint density at radius 1 is 1.13 bits per heavy atom. The molecule has 0 amide bonds. The third-order valence-corrected chi connectivity index (χ3v) is 9.49. The maximum atomic E-state index is 12.9. The van der Waals surface area contributed by atoms with Gasteiger partial charge in [-0.15, -0.1) is 0 Å². The molecule has 0 radical (unpaired) electrons. The van der Waals surface area contributed by atoms with Crippen LogP contribution in [0.3, 0.4) is 0 Å². The van der Waals surface area contributed by atoms with Crippen molar-refractivity contribution in [2.75, 3.05) is 32.7 Å². The Balaban J connectivity index is 1.25. The summed E-state index contributed by atoms with van der Waals surface area (Å²) in [6.45, 7) is 9.92. The first-order chi connectivity index (χ1) is 14.5. The van der Waals surface area contributed by atoms with Gasteiger partial charge in [-0.3, -0.25) is 4.79 Å². The van der Waals surface area contributed by atoms with Gasteiger partial charge in [-0.1, -0.05) is 31.9 Å². The second-order valence-corrected chi connectivity index (χ2v) is 10.9. The Morgan fingerprint density at radius 3 is 2.60 bits per heavy atom. The van der Waals surface area contributed by atoms with Crippen molar-refractivity contribution in [1.29, 1.82) is 0 Å². The number of nitrogens with zero attached hydrogens (tertiary/aromatic N) is 2. The zero-order valence-electron chi connectivity index (χ0n) is 18.9. The van der Waals surface area contributed by atoms with E-state index in [-0.39, 0.29) is 29.3 Å². The minimum Gasteiger partial charge on any atom is -0.461 e. The van der Waals surface area contributed by atoms with Gasteiger partial charge in [0, 0.05) is 30.3 Å². The lowest BCUT2D eigenvalue weighted by Gasteiger charge is -2.52. The lowest BCUT2D eigenvalue weighted by atomic mass is 9.55. The number of likely N-dealkylation sites (tertiary alicyclic amines) is 2. The van der Waals surface area contributed by atoms with E-state index in [2.05, 4.69) is 29.7 Å². The Labute approximate surface area is 181 Å². The third kappa shape index (κ3) is 3.45. The molecule has 1 saturated carbocycles. The van der Waals surface area contributed by atoms with Crippen LogP contribution in [0, 0.1) is 23.2 Å². The number of aliphatic hydroxyl groups excluding tert-OH is 1. The van der Waals surface area contributed by atoms with E-state index in [4.69, 9.17) is 4.74 Å². The van der Waals surface area contributed by atoms with Crippen molar-refractivity contribution in [3.63, 3.8) is 0 Å². The number of carbonyl (C=O) groups excluding carboxylic acids is 1. The number of hydrogen-bond donors (Lipinski definition) is 1. The average Bonchev–Trinajstić information content (AvgIpc) is 3.07. The summed E-state index contributed by atoms with van der Waals surface area (Å²) >= 11 is 0. The third-order valence-electron chi connectivity index (χ3n) is 9.49. The molecule has 4 fully saturated rings. The summed E-state index contributed by atoms with van der Waals surface area (Å²) < 4.78 is 5.86. The fourth-order valence-electron chi connectivity index (χ4n) is 7.30. The molecular formula is C25H40N2O3. The molecule has 3 heterocycles. The molecule has 5 rings (SSSR count). The highest BCUT2D eigenvalue weighted by Gasteiger charge is 2.59. The molecule has 0 bridgehead atoms. The molecule has 6 atom stereocenters. The largest absolute Gasteiger partial charge is 0.461 e. The summed E-state index contributed by atoms with van der Waals surface area (Å²) in [4.78, 5) is 18.0. The van der Waals surface area contributed by atoms with Gasteiger partial charge in [0.25, 0.3) is 0 Å². The minimum atomic E-state index is -0.486. The molecule has 3 saturated heterocycles. The fourth-order valence-corrected chi connectivity index (χ4v) is 7.30. The van der Waals surface area contributed by atoms with Gasteiger partial charge in [0.2, 0.25) is 0 Å². The van der Waals surface area contributed by atoms with Crippen molar-refractivity contribution in [2.24, 2.45) is 23.2 Å². The van der Waals surface area contributed by atoms with Crippen LogP contribution in [0.5, 0.6) is 0 Å². The zero-order valence-corrected chi connectivity index (χ0v) is 18.9. The van der Waals surface area contributed by atoms with Gasteiger partial charge in [0.15, 0.2) is 0 Å². The van der Waals surface area contributed by atoms with Crippen LogP contribution in [0.2, 0.25) is 0 Å². The number of carbonyl (C=O) groups is 1. The second-order valence-electron chi connectivity index (χ2n) is 10.9. The molecule has 5 heteroatoms. The molecule has 2 aliphatic carbocycles. The highest BCUT2D eigenvalue weighted by Crippen LogP contribution is 2.56. The van der Waals surface area contributed by atoms with Crippen LogP contribution >= 0.6 is 0 Å². The van der Waals surface area contributed by atoms with Crippen molar-refractivity contribution in [1.82, 2.24) is 9.80 Å². The van der Waals surface area contributed by atoms with E-state index in [1.807, 2.05) is 0 Å². The van der Waals surface area contributed by atoms with Gasteiger partial charge >= 0.3 is 5.97 Å². The Bertz CT molecular complexity index is 680. The molecular weight excluding hydrogens is 376 g/mol. The maximum absolute atomic E-state index is 12.9. The second kappa shape index (κ2) is 8.22. The number of hydrogen-bond acceptors (Lipinski definition) is 5. The smallest absolute Gasteiger partial charge is 0.311 e. The summed E-state index contributed by atoms with van der Waals surface area (Å²) in [6.07, 6.45) is 11.2. The van der Waals surface area contributed by atoms with Crippen LogP contribution < -0.4 is 0 Å². The highest BCUT2D eigenvalue weighted by atomic mass is 16.6. The van der Waals surface area contributed by atoms with Gasteiger partial charge in [-0.2, -0.15) is 0 Å². The van der Waals surface area contributed by atoms with Crippen molar-refractivity contribution in [3.8, 4) is 0 Å². The Hall–Kier alpha value is -0.910. The lowest BCUT2D eigenvalue weighted by molar-refractivity contribution is -0.145. The van der Waals surface area contributed by atoms with Crippen molar-refractivity contribution in [2.45, 2.75) is 83.5 Å². The Kier molecular flexibility index (Phi) is 5.74. The van der Waals surface area contributed by atoms with Gasteiger partial charge < -0.3 is 19.6 Å². The molecule has 30 heavy (non-hydrogen) atoms. The van der Waals surface area contributed by atoms with E-state index in [1.54, 1.807) is 0 Å². The maximum Gasteiger partial charge on any atom is 0.311 e. The molecule has 1 N–H and O–H groups in total. The van der Waals surface area contributed by atoms with Crippen LogP contribution in [0.15, 0.2) is 11.6 Å². The lowest BCUT2D eigenvalue weighted by Crippen LogP contribution is -2.55. The van der Waals surface area contributed by atoms with Gasteiger partial charge in [0.1, 0.15) is 6.10 Å². The molecule has 0 aromatic rings. The summed E-state index contributed by atoms with van der Waals surface area (Å²) in [5.74, 6) is 0.145. The zero-order chi connectivity index (χ0) is 20.9. The van der Waals surface area contributed by atoms with E-state index in [0.717, 1.165) is 44.9 Å². The predicted molar refractivity (Wildman–Crippen MR) is 117 cm³/mol. The number of rotatable bonds is 3.